The summed E-state index contributed by atoms with van der Waals surface area (Å²) in [6, 6.07) is 17.3. The van der Waals surface area contributed by atoms with Crippen molar-refractivity contribution in [2.24, 2.45) is 11.8 Å². The van der Waals surface area contributed by atoms with Crippen LogP contribution >= 0.6 is 11.6 Å². The number of amides is 2. The molecule has 2 aromatic rings. The number of rotatable bonds is 5. The van der Waals surface area contributed by atoms with Crippen LogP contribution in [-0.2, 0) is 9.59 Å². The molecule has 2 aromatic carbocycles. The first kappa shape index (κ1) is 22.4. The van der Waals surface area contributed by atoms with Gasteiger partial charge in [0.1, 0.15) is 5.75 Å². The zero-order chi connectivity index (χ0) is 22.5. The maximum Gasteiger partial charge on any atom is 0.247 e. The number of nitrogens with zero attached hydrogens (tertiary/aromatic N) is 1. The third kappa shape index (κ3) is 5.14. The van der Waals surface area contributed by atoms with Crippen molar-refractivity contribution >= 4 is 29.0 Å². The quantitative estimate of drug-likeness (QED) is 0.520. The smallest absolute Gasteiger partial charge is 0.247 e. The van der Waals surface area contributed by atoms with Gasteiger partial charge in [0, 0.05) is 18.1 Å². The highest BCUT2D eigenvalue weighted by Gasteiger charge is 2.41. The second-order valence-electron chi connectivity index (χ2n) is 8.33. The van der Waals surface area contributed by atoms with Crippen LogP contribution in [-0.4, -0.2) is 41.1 Å². The van der Waals surface area contributed by atoms with E-state index in [0.29, 0.717) is 43.1 Å². The molecule has 0 saturated heterocycles. The van der Waals surface area contributed by atoms with Crippen molar-refractivity contribution < 1.29 is 19.5 Å². The number of nitrogens with one attached hydrogen (secondary N) is 1. The molecule has 0 radical (unpaired) electrons. The number of carbonyl (C=O) groups is 2. The second-order valence-corrected chi connectivity index (χ2v) is 8.77. The van der Waals surface area contributed by atoms with Crippen LogP contribution in [0.25, 0.3) is 5.57 Å². The van der Waals surface area contributed by atoms with Crippen LogP contribution in [0, 0.1) is 11.8 Å². The highest BCUT2D eigenvalue weighted by Crippen LogP contribution is 2.35. The fourth-order valence-corrected chi connectivity index (χ4v) is 4.84. The SMILES string of the molecule is O=C(NO)[C@H]1C[C@H](Oc2cccc(Cl)c2)CC[C@@H]1C(=O)N1CC=C(c2ccccc2)CC1. The minimum atomic E-state index is -0.648. The van der Waals surface area contributed by atoms with Crippen LogP contribution in [0.4, 0.5) is 0 Å². The maximum absolute atomic E-state index is 13.3. The van der Waals surface area contributed by atoms with Gasteiger partial charge >= 0.3 is 0 Å². The van der Waals surface area contributed by atoms with Crippen molar-refractivity contribution in [3.8, 4) is 5.75 Å². The van der Waals surface area contributed by atoms with Crippen molar-refractivity contribution in [1.29, 1.82) is 0 Å². The molecule has 7 heteroatoms. The Morgan fingerprint density at radius 1 is 1.06 bits per heavy atom. The molecule has 1 aliphatic carbocycles. The zero-order valence-electron chi connectivity index (χ0n) is 17.7. The van der Waals surface area contributed by atoms with Gasteiger partial charge in [-0.3, -0.25) is 14.8 Å². The van der Waals surface area contributed by atoms with Gasteiger partial charge < -0.3 is 9.64 Å². The number of ether oxygens (including phenoxy) is 1. The largest absolute Gasteiger partial charge is 0.490 e. The number of hydroxylamine groups is 1. The summed E-state index contributed by atoms with van der Waals surface area (Å²) in [6.45, 7) is 1.14. The summed E-state index contributed by atoms with van der Waals surface area (Å²) < 4.78 is 6.02. The van der Waals surface area contributed by atoms with E-state index in [2.05, 4.69) is 18.2 Å². The fraction of sp³-hybridized carbons (Fsp3) is 0.360. The molecular weight excluding hydrogens is 428 g/mol. The van der Waals surface area contributed by atoms with E-state index in [1.165, 1.54) is 11.1 Å². The van der Waals surface area contributed by atoms with Crippen LogP contribution in [0.1, 0.15) is 31.2 Å². The molecule has 4 rings (SSSR count). The second kappa shape index (κ2) is 10.2. The molecule has 1 fully saturated rings. The minimum absolute atomic E-state index is 0.0387. The van der Waals surface area contributed by atoms with Gasteiger partial charge in [0.15, 0.2) is 0 Å². The summed E-state index contributed by atoms with van der Waals surface area (Å²) >= 11 is 6.03. The van der Waals surface area contributed by atoms with E-state index in [4.69, 9.17) is 16.3 Å². The van der Waals surface area contributed by atoms with E-state index >= 15 is 0 Å². The van der Waals surface area contributed by atoms with Crippen molar-refractivity contribution in [3.05, 3.63) is 71.3 Å². The molecule has 168 valence electrons. The lowest BCUT2D eigenvalue weighted by Gasteiger charge is -2.37. The molecule has 1 saturated carbocycles. The molecule has 1 heterocycles. The molecule has 2 aliphatic rings. The molecule has 6 nitrogen and oxygen atoms in total. The lowest BCUT2D eigenvalue weighted by atomic mass is 9.76. The Balaban J connectivity index is 1.42. The highest BCUT2D eigenvalue weighted by atomic mass is 35.5. The first-order chi connectivity index (χ1) is 15.5. The molecule has 2 amide bonds. The van der Waals surface area contributed by atoms with E-state index in [1.54, 1.807) is 23.7 Å². The lowest BCUT2D eigenvalue weighted by Crippen LogP contribution is -2.48. The molecule has 3 atom stereocenters. The monoisotopic (exact) mass is 454 g/mol. The van der Waals surface area contributed by atoms with Crippen molar-refractivity contribution in [2.45, 2.75) is 31.8 Å². The summed E-state index contributed by atoms with van der Waals surface area (Å²) in [6.07, 6.45) is 4.16. The molecular formula is C25H27ClN2O4. The lowest BCUT2D eigenvalue weighted by molar-refractivity contribution is -0.148. The van der Waals surface area contributed by atoms with E-state index in [0.717, 1.165) is 6.42 Å². The third-order valence-electron chi connectivity index (χ3n) is 6.33. The summed E-state index contributed by atoms with van der Waals surface area (Å²) in [5.74, 6) is -1.08. The van der Waals surface area contributed by atoms with Crippen LogP contribution < -0.4 is 10.2 Å². The number of halogens is 1. The molecule has 0 spiro atoms. The summed E-state index contributed by atoms with van der Waals surface area (Å²) in [4.78, 5) is 27.6. The van der Waals surface area contributed by atoms with Gasteiger partial charge in [-0.1, -0.05) is 54.1 Å². The first-order valence-corrected chi connectivity index (χ1v) is 11.3. The maximum atomic E-state index is 13.3. The van der Waals surface area contributed by atoms with Crippen molar-refractivity contribution in [1.82, 2.24) is 10.4 Å². The standard InChI is InChI=1S/C25H27ClN2O4/c26-19-7-4-8-20(15-19)32-21-9-10-22(23(16-21)24(29)27-31)25(30)28-13-11-18(12-14-28)17-5-2-1-3-6-17/h1-8,11,15,21-23,31H,9-10,12-14,16H2,(H,27,29)/t21-,22+,23+/m1/s1. The van der Waals surface area contributed by atoms with Gasteiger partial charge in [0.2, 0.25) is 11.8 Å². The van der Waals surface area contributed by atoms with Gasteiger partial charge in [-0.05, 0) is 55.0 Å². The Morgan fingerprint density at radius 3 is 2.56 bits per heavy atom. The zero-order valence-corrected chi connectivity index (χ0v) is 18.5. The van der Waals surface area contributed by atoms with Crippen molar-refractivity contribution in [2.75, 3.05) is 13.1 Å². The normalized spacial score (nSPS) is 23.2. The Labute approximate surface area is 192 Å². The fourth-order valence-electron chi connectivity index (χ4n) is 4.66. The Hall–Kier alpha value is -2.83. The van der Waals surface area contributed by atoms with E-state index in [-0.39, 0.29) is 12.0 Å². The van der Waals surface area contributed by atoms with Gasteiger partial charge in [0.05, 0.1) is 17.9 Å². The number of benzene rings is 2. The number of carbonyl (C=O) groups excluding carboxylic acids is 2. The third-order valence-corrected chi connectivity index (χ3v) is 6.57. The van der Waals surface area contributed by atoms with E-state index in [1.807, 2.05) is 29.2 Å². The Kier molecular flexibility index (Phi) is 7.12. The van der Waals surface area contributed by atoms with Crippen LogP contribution in [0.15, 0.2) is 60.7 Å². The van der Waals surface area contributed by atoms with Gasteiger partial charge in [-0.15, -0.1) is 0 Å². The van der Waals surface area contributed by atoms with Crippen LogP contribution in [0.2, 0.25) is 5.02 Å². The molecule has 32 heavy (non-hydrogen) atoms. The average molecular weight is 455 g/mol. The van der Waals surface area contributed by atoms with Crippen LogP contribution in [0.5, 0.6) is 5.75 Å². The minimum Gasteiger partial charge on any atom is -0.490 e. The molecule has 2 N–H and O–H groups in total. The Morgan fingerprint density at radius 2 is 1.88 bits per heavy atom. The average Bonchev–Trinajstić information content (AvgIpc) is 2.84. The molecule has 0 bridgehead atoms. The van der Waals surface area contributed by atoms with Gasteiger partial charge in [-0.2, -0.15) is 0 Å². The van der Waals surface area contributed by atoms with Gasteiger partial charge in [0.25, 0.3) is 0 Å². The summed E-state index contributed by atoms with van der Waals surface area (Å²) in [5.41, 5.74) is 4.16. The predicted octanol–water partition coefficient (Wildman–Crippen LogP) is 4.33. The molecule has 1 aliphatic heterocycles. The molecule has 0 unspecified atom stereocenters. The summed E-state index contributed by atoms with van der Waals surface area (Å²) in [5, 5.41) is 9.85. The van der Waals surface area contributed by atoms with E-state index < -0.39 is 17.7 Å². The predicted molar refractivity (Wildman–Crippen MR) is 122 cm³/mol. The van der Waals surface area contributed by atoms with Crippen LogP contribution in [0.3, 0.4) is 0 Å². The topological polar surface area (TPSA) is 78.9 Å². The van der Waals surface area contributed by atoms with E-state index in [9.17, 15) is 14.8 Å². The Bertz CT molecular complexity index is 994. The number of hydrogen-bond acceptors (Lipinski definition) is 4. The molecule has 0 aromatic heterocycles. The highest BCUT2D eigenvalue weighted by molar-refractivity contribution is 6.30. The van der Waals surface area contributed by atoms with Crippen molar-refractivity contribution in [3.63, 3.8) is 0 Å². The number of hydrogen-bond donors (Lipinski definition) is 2. The van der Waals surface area contributed by atoms with Gasteiger partial charge in [-0.25, -0.2) is 5.48 Å². The summed E-state index contributed by atoms with van der Waals surface area (Å²) in [7, 11) is 0. The first-order valence-electron chi connectivity index (χ1n) is 10.9.